The van der Waals surface area contributed by atoms with Crippen LogP contribution in [0.4, 0.5) is 0 Å². The standard InChI is InChI=1S/C15H21NO4/c1-19-12-5-4-6-13(9-12)20-10-14(17)16-11-15(18)7-2-3-8-15/h4-6,9,18H,2-3,7-8,10-11H2,1H3,(H,16,17). The molecule has 2 N–H and O–H groups in total. The van der Waals surface area contributed by atoms with Crippen LogP contribution in [0.15, 0.2) is 24.3 Å². The third kappa shape index (κ3) is 4.13. The van der Waals surface area contributed by atoms with Crippen molar-refractivity contribution in [2.45, 2.75) is 31.3 Å². The highest BCUT2D eigenvalue weighted by atomic mass is 16.5. The molecule has 110 valence electrons. The summed E-state index contributed by atoms with van der Waals surface area (Å²) in [6.07, 6.45) is 3.55. The topological polar surface area (TPSA) is 67.8 Å². The molecule has 0 aromatic heterocycles. The molecular formula is C15H21NO4. The molecule has 1 aliphatic carbocycles. The number of hydrogen-bond acceptors (Lipinski definition) is 4. The van der Waals surface area contributed by atoms with Gasteiger partial charge in [0.15, 0.2) is 6.61 Å². The summed E-state index contributed by atoms with van der Waals surface area (Å²) in [5, 5.41) is 12.8. The van der Waals surface area contributed by atoms with Crippen LogP contribution in [0.2, 0.25) is 0 Å². The number of carbonyl (C=O) groups excluding carboxylic acids is 1. The van der Waals surface area contributed by atoms with Crippen molar-refractivity contribution < 1.29 is 19.4 Å². The SMILES string of the molecule is COc1cccc(OCC(=O)NCC2(O)CCCC2)c1. The van der Waals surface area contributed by atoms with E-state index in [2.05, 4.69) is 5.32 Å². The fourth-order valence-corrected chi connectivity index (χ4v) is 2.36. The molecule has 0 radical (unpaired) electrons. The van der Waals surface area contributed by atoms with Gasteiger partial charge in [-0.3, -0.25) is 4.79 Å². The van der Waals surface area contributed by atoms with Crippen molar-refractivity contribution in [1.82, 2.24) is 5.32 Å². The smallest absolute Gasteiger partial charge is 0.258 e. The van der Waals surface area contributed by atoms with Crippen LogP contribution in [0.25, 0.3) is 0 Å². The van der Waals surface area contributed by atoms with E-state index in [1.807, 2.05) is 6.07 Å². The summed E-state index contributed by atoms with van der Waals surface area (Å²) in [6.45, 7) is 0.233. The molecule has 0 bridgehead atoms. The summed E-state index contributed by atoms with van der Waals surface area (Å²) in [6, 6.07) is 7.09. The molecule has 20 heavy (non-hydrogen) atoms. The van der Waals surface area contributed by atoms with Crippen molar-refractivity contribution >= 4 is 5.91 Å². The quantitative estimate of drug-likeness (QED) is 0.828. The van der Waals surface area contributed by atoms with Gasteiger partial charge in [-0.25, -0.2) is 0 Å². The second-order valence-electron chi connectivity index (χ2n) is 5.18. The van der Waals surface area contributed by atoms with Crippen LogP contribution in [0, 0.1) is 0 Å². The molecule has 0 saturated heterocycles. The van der Waals surface area contributed by atoms with E-state index < -0.39 is 5.60 Å². The van der Waals surface area contributed by atoms with Crippen molar-refractivity contribution in [3.63, 3.8) is 0 Å². The Balaban J connectivity index is 1.74. The third-order valence-electron chi connectivity index (χ3n) is 3.56. The Hall–Kier alpha value is -1.75. The third-order valence-corrected chi connectivity index (χ3v) is 3.56. The summed E-state index contributed by atoms with van der Waals surface area (Å²) in [4.78, 5) is 11.7. The number of benzene rings is 1. The highest BCUT2D eigenvalue weighted by Gasteiger charge is 2.31. The molecule has 0 atom stereocenters. The molecule has 1 aromatic carbocycles. The zero-order chi connectivity index (χ0) is 14.4. The monoisotopic (exact) mass is 279 g/mol. The van der Waals surface area contributed by atoms with E-state index in [4.69, 9.17) is 9.47 Å². The lowest BCUT2D eigenvalue weighted by atomic mass is 10.0. The predicted molar refractivity (Wildman–Crippen MR) is 74.9 cm³/mol. The summed E-state index contributed by atoms with van der Waals surface area (Å²) >= 11 is 0. The van der Waals surface area contributed by atoms with Crippen molar-refractivity contribution in [2.24, 2.45) is 0 Å². The summed E-state index contributed by atoms with van der Waals surface area (Å²) < 4.78 is 10.5. The average Bonchev–Trinajstić information content (AvgIpc) is 2.90. The molecule has 1 saturated carbocycles. The number of nitrogens with one attached hydrogen (secondary N) is 1. The maximum atomic E-state index is 11.7. The van der Waals surface area contributed by atoms with Crippen LogP contribution in [0.5, 0.6) is 11.5 Å². The fraction of sp³-hybridized carbons (Fsp3) is 0.533. The van der Waals surface area contributed by atoms with Gasteiger partial charge in [0.2, 0.25) is 0 Å². The van der Waals surface area contributed by atoms with Gasteiger partial charge in [0.1, 0.15) is 11.5 Å². The van der Waals surface area contributed by atoms with Crippen LogP contribution >= 0.6 is 0 Å². The van der Waals surface area contributed by atoms with Crippen LogP contribution < -0.4 is 14.8 Å². The summed E-state index contributed by atoms with van der Waals surface area (Å²) in [5.41, 5.74) is -0.731. The lowest BCUT2D eigenvalue weighted by Crippen LogP contribution is -2.42. The molecule has 1 amide bonds. The minimum absolute atomic E-state index is 0.0662. The maximum absolute atomic E-state index is 11.7. The lowest BCUT2D eigenvalue weighted by Gasteiger charge is -2.22. The number of methoxy groups -OCH3 is 1. The largest absolute Gasteiger partial charge is 0.497 e. The first-order valence-corrected chi connectivity index (χ1v) is 6.87. The fourth-order valence-electron chi connectivity index (χ4n) is 2.36. The molecular weight excluding hydrogens is 258 g/mol. The van der Waals surface area contributed by atoms with Crippen LogP contribution in [-0.2, 0) is 4.79 Å². The Labute approximate surface area is 118 Å². The van der Waals surface area contributed by atoms with Gasteiger partial charge in [-0.15, -0.1) is 0 Å². The number of rotatable bonds is 6. The minimum Gasteiger partial charge on any atom is -0.497 e. The van der Waals surface area contributed by atoms with Crippen LogP contribution in [0.3, 0.4) is 0 Å². The van der Waals surface area contributed by atoms with E-state index >= 15 is 0 Å². The van der Waals surface area contributed by atoms with Gasteiger partial charge in [-0.2, -0.15) is 0 Å². The molecule has 0 spiro atoms. The first kappa shape index (κ1) is 14.7. The number of hydrogen-bond donors (Lipinski definition) is 2. The van der Waals surface area contributed by atoms with Crippen molar-refractivity contribution in [3.05, 3.63) is 24.3 Å². The van der Waals surface area contributed by atoms with Crippen molar-refractivity contribution in [3.8, 4) is 11.5 Å². The predicted octanol–water partition coefficient (Wildman–Crippen LogP) is 1.50. The van der Waals surface area contributed by atoms with E-state index in [-0.39, 0.29) is 12.5 Å². The van der Waals surface area contributed by atoms with Gasteiger partial charge >= 0.3 is 0 Å². The van der Waals surface area contributed by atoms with E-state index in [0.717, 1.165) is 25.7 Å². The molecule has 0 unspecified atom stereocenters. The number of carbonyl (C=O) groups is 1. The molecule has 5 nitrogen and oxygen atoms in total. The van der Waals surface area contributed by atoms with Gasteiger partial charge < -0.3 is 19.9 Å². The van der Waals surface area contributed by atoms with E-state index in [1.165, 1.54) is 0 Å². The van der Waals surface area contributed by atoms with E-state index in [9.17, 15) is 9.90 Å². The van der Waals surface area contributed by atoms with Crippen molar-refractivity contribution in [1.29, 1.82) is 0 Å². The highest BCUT2D eigenvalue weighted by Crippen LogP contribution is 2.28. The van der Waals surface area contributed by atoms with E-state index in [0.29, 0.717) is 18.0 Å². The Bertz CT molecular complexity index is 455. The van der Waals surface area contributed by atoms with Crippen LogP contribution in [-0.4, -0.2) is 36.9 Å². The lowest BCUT2D eigenvalue weighted by molar-refractivity contribution is -0.124. The number of ether oxygens (including phenoxy) is 2. The molecule has 0 heterocycles. The Morgan fingerprint density at radius 1 is 1.35 bits per heavy atom. The number of amides is 1. The zero-order valence-electron chi connectivity index (χ0n) is 11.7. The van der Waals surface area contributed by atoms with Gasteiger partial charge in [0.25, 0.3) is 5.91 Å². The Morgan fingerprint density at radius 3 is 2.75 bits per heavy atom. The first-order valence-electron chi connectivity index (χ1n) is 6.87. The number of aliphatic hydroxyl groups is 1. The average molecular weight is 279 g/mol. The second kappa shape index (κ2) is 6.61. The molecule has 2 rings (SSSR count). The Kier molecular flexibility index (Phi) is 4.84. The van der Waals surface area contributed by atoms with Gasteiger partial charge in [-0.05, 0) is 25.0 Å². The second-order valence-corrected chi connectivity index (χ2v) is 5.18. The van der Waals surface area contributed by atoms with Gasteiger partial charge in [0, 0.05) is 12.6 Å². The molecule has 1 aliphatic rings. The minimum atomic E-state index is -0.731. The summed E-state index contributed by atoms with van der Waals surface area (Å²) in [5.74, 6) is 1.04. The maximum Gasteiger partial charge on any atom is 0.258 e. The highest BCUT2D eigenvalue weighted by molar-refractivity contribution is 5.77. The Morgan fingerprint density at radius 2 is 2.05 bits per heavy atom. The molecule has 1 aromatic rings. The van der Waals surface area contributed by atoms with Crippen molar-refractivity contribution in [2.75, 3.05) is 20.3 Å². The normalized spacial score (nSPS) is 16.7. The summed E-state index contributed by atoms with van der Waals surface area (Å²) in [7, 11) is 1.58. The molecule has 0 aliphatic heterocycles. The van der Waals surface area contributed by atoms with Crippen LogP contribution in [0.1, 0.15) is 25.7 Å². The molecule has 5 heteroatoms. The molecule has 1 fully saturated rings. The first-order chi connectivity index (χ1) is 9.61. The van der Waals surface area contributed by atoms with Gasteiger partial charge in [-0.1, -0.05) is 18.9 Å². The van der Waals surface area contributed by atoms with Gasteiger partial charge in [0.05, 0.1) is 12.7 Å². The van der Waals surface area contributed by atoms with E-state index in [1.54, 1.807) is 25.3 Å². The zero-order valence-corrected chi connectivity index (χ0v) is 11.7.